The monoisotopic (exact) mass is 1370 g/mol. The third kappa shape index (κ3) is 30.6. The summed E-state index contributed by atoms with van der Waals surface area (Å²) in [5.74, 6) is -1.57. The highest BCUT2D eigenvalue weighted by molar-refractivity contribution is 5.95. The predicted octanol–water partition coefficient (Wildman–Crippen LogP) is 4.47. The van der Waals surface area contributed by atoms with E-state index in [1.54, 1.807) is 12.1 Å². The summed E-state index contributed by atoms with van der Waals surface area (Å²) < 4.78 is 113. The van der Waals surface area contributed by atoms with Crippen LogP contribution in [0.25, 0.3) is 0 Å². The summed E-state index contributed by atoms with van der Waals surface area (Å²) in [4.78, 5) is 74.3. The number of esters is 2. The van der Waals surface area contributed by atoms with E-state index in [0.29, 0.717) is 32.7 Å². The summed E-state index contributed by atoms with van der Waals surface area (Å²) in [7, 11) is 0. The molecule has 3 saturated heterocycles. The lowest BCUT2D eigenvalue weighted by atomic mass is 9.81. The van der Waals surface area contributed by atoms with Gasteiger partial charge >= 0.3 is 11.9 Å². The Balaban J connectivity index is 1.37. The van der Waals surface area contributed by atoms with Crippen LogP contribution in [-0.4, -0.2) is 255 Å². The molecule has 29 nitrogen and oxygen atoms in total. The average molecular weight is 1380 g/mol. The van der Waals surface area contributed by atoms with Gasteiger partial charge in [-0.15, -0.1) is 0 Å². The standard InChI is InChI=1S/C67H114N4O25/c1-14-19-78-21-22-79-20-18-68-64(77)52-41-56(86-35-29-80-23-26-83-32-38-89-65-58(69-47(9)72)44(6)43(5)53(15-2)94-65)63(88-37-31-82-25-28-85-34-40-91-67-60(71-49(11)74)62(93-51(13)76)46(8)55(17-4)96-67)57(42-52)87-36-30-81-24-27-84-33-39-90-66-59(70-48(10)73)61(92-50(12)75)45(7)54(16-3)95-66/h41-46,53-55,58-62,65-67H,14-40H2,1-13H3,(H,68,77)(H,69,72)(H,70,73)(H,71,74)/t43-,44+,45+,46+,53-,54-,55-,58-,59-,60-,61+,62+,65-,66-,67-/m1/s1. The van der Waals surface area contributed by atoms with Gasteiger partial charge in [-0.1, -0.05) is 55.4 Å². The molecule has 0 aliphatic carbocycles. The number of benzene rings is 1. The van der Waals surface area contributed by atoms with Crippen molar-refractivity contribution in [3.05, 3.63) is 17.7 Å². The Morgan fingerprint density at radius 1 is 0.385 bits per heavy atom. The van der Waals surface area contributed by atoms with Crippen LogP contribution in [0.15, 0.2) is 12.1 Å². The van der Waals surface area contributed by atoms with Crippen molar-refractivity contribution in [2.75, 3.05) is 152 Å². The molecule has 3 fully saturated rings. The molecule has 15 atom stereocenters. The van der Waals surface area contributed by atoms with E-state index in [2.05, 4.69) is 42.0 Å². The number of carbonyl (C=O) groups is 6. The van der Waals surface area contributed by atoms with Crippen molar-refractivity contribution < 1.29 is 119 Å². The van der Waals surface area contributed by atoms with Crippen LogP contribution in [0.1, 0.15) is 126 Å². The maximum absolute atomic E-state index is 13.8. The molecule has 0 aromatic heterocycles. The van der Waals surface area contributed by atoms with E-state index in [9.17, 15) is 28.8 Å². The smallest absolute Gasteiger partial charge is 0.302 e. The quantitative estimate of drug-likeness (QED) is 0.0516. The molecule has 1 aromatic rings. The summed E-state index contributed by atoms with van der Waals surface area (Å²) in [6, 6.07) is 1.37. The second-order valence-electron chi connectivity index (χ2n) is 23.7. The van der Waals surface area contributed by atoms with Crippen molar-refractivity contribution >= 4 is 35.6 Å². The van der Waals surface area contributed by atoms with E-state index in [1.807, 2.05) is 34.6 Å². The van der Waals surface area contributed by atoms with Crippen LogP contribution in [-0.2, 0) is 99.8 Å². The molecule has 4 rings (SSSR count). The molecule has 29 heteroatoms. The van der Waals surface area contributed by atoms with Crippen molar-refractivity contribution in [1.29, 1.82) is 0 Å². The van der Waals surface area contributed by atoms with Crippen molar-refractivity contribution in [2.24, 2.45) is 23.7 Å². The second kappa shape index (κ2) is 47.8. The van der Waals surface area contributed by atoms with Crippen LogP contribution in [0.3, 0.4) is 0 Å². The van der Waals surface area contributed by atoms with Gasteiger partial charge in [-0.2, -0.15) is 0 Å². The van der Waals surface area contributed by atoms with Gasteiger partial charge in [0.15, 0.2) is 30.4 Å². The molecule has 0 unspecified atom stereocenters. The third-order valence-corrected chi connectivity index (χ3v) is 16.3. The lowest BCUT2D eigenvalue weighted by Crippen LogP contribution is -2.62. The van der Waals surface area contributed by atoms with Gasteiger partial charge in [-0.05, 0) is 49.7 Å². The number of carbonyl (C=O) groups excluding carboxylic acids is 6. The zero-order chi connectivity index (χ0) is 70.2. The number of hydrogen-bond donors (Lipinski definition) is 4. The fraction of sp³-hybridized carbons (Fsp3) is 0.821. The van der Waals surface area contributed by atoms with E-state index >= 15 is 0 Å². The zero-order valence-electron chi connectivity index (χ0n) is 59.1. The predicted molar refractivity (Wildman–Crippen MR) is 347 cm³/mol. The summed E-state index contributed by atoms with van der Waals surface area (Å²) >= 11 is 0. The van der Waals surface area contributed by atoms with Crippen LogP contribution in [0.5, 0.6) is 17.2 Å². The molecule has 4 N–H and O–H groups in total. The summed E-state index contributed by atoms with van der Waals surface area (Å²) in [5.41, 5.74) is 0.216. The number of amides is 4. The van der Waals surface area contributed by atoms with Gasteiger partial charge in [-0.3, -0.25) is 28.8 Å². The fourth-order valence-corrected chi connectivity index (χ4v) is 11.4. The molecular formula is C67H114N4O25. The molecule has 4 amide bonds. The first-order chi connectivity index (χ1) is 46.2. The molecule has 0 spiro atoms. The molecule has 1 aromatic carbocycles. The Hall–Kier alpha value is -5.12. The first-order valence-electron chi connectivity index (χ1n) is 34.2. The largest absolute Gasteiger partial charge is 0.487 e. The highest BCUT2D eigenvalue weighted by Gasteiger charge is 2.48. The third-order valence-electron chi connectivity index (χ3n) is 16.3. The minimum Gasteiger partial charge on any atom is -0.487 e. The van der Waals surface area contributed by atoms with Gasteiger partial charge in [0.05, 0.1) is 143 Å². The molecule has 3 aliphatic rings. The van der Waals surface area contributed by atoms with Crippen molar-refractivity contribution in [3.63, 3.8) is 0 Å². The van der Waals surface area contributed by atoms with Crippen molar-refractivity contribution in [1.82, 2.24) is 21.3 Å². The van der Waals surface area contributed by atoms with E-state index in [4.69, 9.17) is 90.0 Å². The molecule has 0 saturated carbocycles. The highest BCUT2D eigenvalue weighted by Crippen LogP contribution is 2.40. The second-order valence-corrected chi connectivity index (χ2v) is 23.7. The molecule has 3 aliphatic heterocycles. The molecule has 552 valence electrons. The lowest BCUT2D eigenvalue weighted by Gasteiger charge is -2.44. The normalized spacial score (nSPS) is 25.7. The summed E-state index contributed by atoms with van der Waals surface area (Å²) in [5, 5.41) is 11.6. The molecule has 3 heterocycles. The van der Waals surface area contributed by atoms with E-state index in [0.717, 1.165) is 12.8 Å². The van der Waals surface area contributed by atoms with Crippen molar-refractivity contribution in [3.8, 4) is 17.2 Å². The minimum absolute atomic E-state index is 0.00535. The zero-order valence-corrected chi connectivity index (χ0v) is 59.1. The van der Waals surface area contributed by atoms with E-state index in [-0.39, 0.29) is 221 Å². The van der Waals surface area contributed by atoms with E-state index < -0.39 is 61.0 Å². The SMILES string of the molecule is CCCOCCOCCNC(=O)c1cc(OCCOCCOCCO[C@@H]2O[C@H](CC)[C@H](C)[C@H](C)[C@H]2NC(C)=O)c(OCCOCCOCCO[C@@H]2O[C@H](CC)[C@H](C)[C@H](OC(C)=O)[C@H]2NC(C)=O)c(OCCOCCOCCO[C@@H]2O[C@H](CC)[C@H](C)[C@H](OC(C)=O)[C@H]2NC(C)=O)c1. The van der Waals surface area contributed by atoms with Crippen LogP contribution in [0.4, 0.5) is 0 Å². The summed E-state index contributed by atoms with van der Waals surface area (Å²) in [6.07, 6.45) is -1.20. The Morgan fingerprint density at radius 2 is 0.708 bits per heavy atom. The minimum atomic E-state index is -0.879. The topological polar surface area (TPSA) is 326 Å². The Kier molecular flexibility index (Phi) is 41.5. The Labute approximate surface area is 567 Å². The van der Waals surface area contributed by atoms with Gasteiger partial charge in [0, 0.05) is 65.2 Å². The maximum Gasteiger partial charge on any atom is 0.302 e. The van der Waals surface area contributed by atoms with Crippen LogP contribution < -0.4 is 35.5 Å². The molecule has 96 heavy (non-hydrogen) atoms. The summed E-state index contributed by atoms with van der Waals surface area (Å²) in [6.45, 7) is 27.8. The van der Waals surface area contributed by atoms with Crippen molar-refractivity contribution in [2.45, 2.75) is 183 Å². The number of hydrogen-bond acceptors (Lipinski definition) is 25. The highest BCUT2D eigenvalue weighted by atomic mass is 16.7. The van der Waals surface area contributed by atoms with E-state index in [1.165, 1.54) is 34.6 Å². The van der Waals surface area contributed by atoms with Gasteiger partial charge in [0.2, 0.25) is 23.5 Å². The maximum atomic E-state index is 13.8. The Morgan fingerprint density at radius 3 is 1.07 bits per heavy atom. The number of nitrogens with one attached hydrogen (secondary N) is 4. The first kappa shape index (κ1) is 83.3. The average Bonchev–Trinajstić information content (AvgIpc) is 0.825. The van der Waals surface area contributed by atoms with Gasteiger partial charge in [0.25, 0.3) is 5.91 Å². The molecular weight excluding hydrogens is 1260 g/mol. The van der Waals surface area contributed by atoms with Gasteiger partial charge in [0.1, 0.15) is 44.1 Å². The first-order valence-corrected chi connectivity index (χ1v) is 34.2. The van der Waals surface area contributed by atoms with Crippen LogP contribution in [0.2, 0.25) is 0 Å². The van der Waals surface area contributed by atoms with Gasteiger partial charge in [-0.25, -0.2) is 0 Å². The lowest BCUT2D eigenvalue weighted by molar-refractivity contribution is -0.256. The Bertz CT molecular complexity index is 2380. The number of rotatable bonds is 50. The fourth-order valence-electron chi connectivity index (χ4n) is 11.4. The molecule has 0 bridgehead atoms. The molecule has 0 radical (unpaired) electrons. The number of ether oxygens (including phenoxy) is 19. The van der Waals surface area contributed by atoms with Crippen LogP contribution >= 0.6 is 0 Å². The van der Waals surface area contributed by atoms with Gasteiger partial charge < -0.3 is 111 Å². The van der Waals surface area contributed by atoms with Crippen LogP contribution in [0, 0.1) is 23.7 Å².